The molecule has 1 aromatic heterocycles. The zero-order chi connectivity index (χ0) is 23.5. The summed E-state index contributed by atoms with van der Waals surface area (Å²) in [6.45, 7) is 4.95. The van der Waals surface area contributed by atoms with Crippen molar-refractivity contribution in [3.8, 4) is 0 Å². The molecule has 8 nitrogen and oxygen atoms in total. The van der Waals surface area contributed by atoms with Gasteiger partial charge in [0.05, 0.1) is 30.9 Å². The number of benzene rings is 2. The van der Waals surface area contributed by atoms with Gasteiger partial charge >= 0.3 is 12.0 Å². The molecule has 0 spiro atoms. The van der Waals surface area contributed by atoms with E-state index in [9.17, 15) is 9.59 Å². The minimum atomic E-state index is -0.495. The van der Waals surface area contributed by atoms with Crippen LogP contribution in [0.25, 0.3) is 0 Å². The molecule has 1 aliphatic rings. The Morgan fingerprint density at radius 2 is 1.91 bits per heavy atom. The SMILES string of the molecule is COC(=O)c1cc(C)ccc1NC(=O)N1CCC[C@@H]1c1nnc(C)n1Cc1ccc(Cl)cc1. The lowest BCUT2D eigenvalue weighted by molar-refractivity contribution is 0.0602. The van der Waals surface area contributed by atoms with Crippen LogP contribution in [0.1, 0.15) is 52.0 Å². The monoisotopic (exact) mass is 467 g/mol. The Morgan fingerprint density at radius 3 is 2.64 bits per heavy atom. The summed E-state index contributed by atoms with van der Waals surface area (Å²) < 4.78 is 6.91. The van der Waals surface area contributed by atoms with Gasteiger partial charge < -0.3 is 19.5 Å². The number of esters is 1. The molecule has 1 saturated heterocycles. The highest BCUT2D eigenvalue weighted by atomic mass is 35.5. The molecule has 1 fully saturated rings. The summed E-state index contributed by atoms with van der Waals surface area (Å²) in [6.07, 6.45) is 1.63. The van der Waals surface area contributed by atoms with Gasteiger partial charge in [-0.25, -0.2) is 9.59 Å². The van der Waals surface area contributed by atoms with Crippen molar-refractivity contribution in [1.29, 1.82) is 0 Å². The third-order valence-corrected chi connectivity index (χ3v) is 6.10. The number of aryl methyl sites for hydroxylation is 2. The first-order chi connectivity index (χ1) is 15.9. The number of amides is 2. The Balaban J connectivity index is 1.57. The van der Waals surface area contributed by atoms with Gasteiger partial charge in [-0.15, -0.1) is 10.2 Å². The highest BCUT2D eigenvalue weighted by Crippen LogP contribution is 2.32. The largest absolute Gasteiger partial charge is 0.465 e. The third kappa shape index (κ3) is 4.85. The number of nitrogens with one attached hydrogen (secondary N) is 1. The number of aromatic nitrogens is 3. The topological polar surface area (TPSA) is 89.3 Å². The molecule has 9 heteroatoms. The number of ether oxygens (including phenoxy) is 1. The van der Waals surface area contributed by atoms with E-state index >= 15 is 0 Å². The predicted octanol–water partition coefficient (Wildman–Crippen LogP) is 4.75. The first kappa shape index (κ1) is 22.8. The van der Waals surface area contributed by atoms with E-state index in [4.69, 9.17) is 16.3 Å². The van der Waals surface area contributed by atoms with Gasteiger partial charge in [-0.2, -0.15) is 0 Å². The van der Waals surface area contributed by atoms with E-state index in [0.29, 0.717) is 29.4 Å². The number of rotatable bonds is 5. The van der Waals surface area contributed by atoms with E-state index in [0.717, 1.165) is 35.6 Å². The lowest BCUT2D eigenvalue weighted by Gasteiger charge is -2.25. The van der Waals surface area contributed by atoms with E-state index in [2.05, 4.69) is 15.5 Å². The number of methoxy groups -OCH3 is 1. The first-order valence-electron chi connectivity index (χ1n) is 10.8. The molecule has 0 unspecified atom stereocenters. The first-order valence-corrected chi connectivity index (χ1v) is 11.2. The van der Waals surface area contributed by atoms with Gasteiger partial charge in [-0.3, -0.25) is 0 Å². The van der Waals surface area contributed by atoms with Crippen LogP contribution < -0.4 is 5.32 Å². The molecule has 2 aromatic carbocycles. The molecule has 1 N–H and O–H groups in total. The van der Waals surface area contributed by atoms with Crippen molar-refractivity contribution in [1.82, 2.24) is 19.7 Å². The van der Waals surface area contributed by atoms with Crippen LogP contribution in [0.3, 0.4) is 0 Å². The average Bonchev–Trinajstić information content (AvgIpc) is 3.43. The van der Waals surface area contributed by atoms with Crippen molar-refractivity contribution in [3.63, 3.8) is 0 Å². The van der Waals surface area contributed by atoms with Gasteiger partial charge in [-0.1, -0.05) is 35.4 Å². The molecule has 33 heavy (non-hydrogen) atoms. The maximum absolute atomic E-state index is 13.3. The standard InChI is InChI=1S/C24H26ClN5O3/c1-15-6-11-20(19(13-15)23(31)33-3)26-24(32)29-12-4-5-21(29)22-28-27-16(2)30(22)14-17-7-9-18(25)10-8-17/h6-11,13,21H,4-5,12,14H2,1-3H3,(H,26,32)/t21-/m1/s1. The van der Waals surface area contributed by atoms with Crippen LogP contribution in [0, 0.1) is 13.8 Å². The lowest BCUT2D eigenvalue weighted by atomic mass is 10.1. The van der Waals surface area contributed by atoms with Gasteiger partial charge in [0.1, 0.15) is 5.82 Å². The molecule has 3 aromatic rings. The number of hydrogen-bond donors (Lipinski definition) is 1. The zero-order valence-corrected chi connectivity index (χ0v) is 19.6. The fourth-order valence-corrected chi connectivity index (χ4v) is 4.25. The molecular weight excluding hydrogens is 442 g/mol. The Morgan fingerprint density at radius 1 is 1.15 bits per heavy atom. The summed E-state index contributed by atoms with van der Waals surface area (Å²) in [5.74, 6) is 1.02. The number of urea groups is 1. The number of carbonyl (C=O) groups excluding carboxylic acids is 2. The number of nitrogens with zero attached hydrogens (tertiary/aromatic N) is 4. The summed E-state index contributed by atoms with van der Waals surface area (Å²) >= 11 is 6.02. The fourth-order valence-electron chi connectivity index (χ4n) is 4.12. The van der Waals surface area contributed by atoms with Crippen LogP contribution >= 0.6 is 11.6 Å². The van der Waals surface area contributed by atoms with Gasteiger partial charge in [0, 0.05) is 11.6 Å². The summed E-state index contributed by atoms with van der Waals surface area (Å²) in [7, 11) is 1.32. The number of hydrogen-bond acceptors (Lipinski definition) is 5. The quantitative estimate of drug-likeness (QED) is 0.547. The second kappa shape index (κ2) is 9.62. The number of likely N-dealkylation sites (tertiary alicyclic amines) is 1. The Kier molecular flexibility index (Phi) is 6.65. The molecular formula is C24H26ClN5O3. The lowest BCUT2D eigenvalue weighted by Crippen LogP contribution is -2.36. The number of anilines is 1. The van der Waals surface area contributed by atoms with Crippen molar-refractivity contribution in [3.05, 3.63) is 75.8 Å². The van der Waals surface area contributed by atoms with Crippen LogP contribution in [0.15, 0.2) is 42.5 Å². The molecule has 172 valence electrons. The predicted molar refractivity (Wildman–Crippen MR) is 126 cm³/mol. The van der Waals surface area contributed by atoms with Crippen molar-refractivity contribution < 1.29 is 14.3 Å². The van der Waals surface area contributed by atoms with Crippen molar-refractivity contribution >= 4 is 29.3 Å². The Labute approximate surface area is 197 Å². The summed E-state index contributed by atoms with van der Waals surface area (Å²) in [6, 6.07) is 12.4. The van der Waals surface area contributed by atoms with Crippen LogP contribution in [-0.2, 0) is 11.3 Å². The molecule has 0 aliphatic carbocycles. The van der Waals surface area contributed by atoms with E-state index in [1.54, 1.807) is 17.0 Å². The van der Waals surface area contributed by atoms with Gasteiger partial charge in [0.2, 0.25) is 0 Å². The van der Waals surface area contributed by atoms with Gasteiger partial charge in [0.25, 0.3) is 0 Å². The van der Waals surface area contributed by atoms with Crippen LogP contribution in [-0.4, -0.2) is 45.3 Å². The zero-order valence-electron chi connectivity index (χ0n) is 18.8. The Hall–Kier alpha value is -3.39. The van der Waals surface area contributed by atoms with E-state index in [-0.39, 0.29) is 12.1 Å². The molecule has 4 rings (SSSR count). The fraction of sp³-hybridized carbons (Fsp3) is 0.333. The third-order valence-electron chi connectivity index (χ3n) is 5.85. The highest BCUT2D eigenvalue weighted by Gasteiger charge is 2.34. The smallest absolute Gasteiger partial charge is 0.339 e. The molecule has 0 saturated carbocycles. The number of carbonyl (C=O) groups is 2. The summed E-state index contributed by atoms with van der Waals surface area (Å²) in [5, 5.41) is 12.3. The summed E-state index contributed by atoms with van der Waals surface area (Å²) in [5.41, 5.74) is 2.71. The number of halogens is 1. The molecule has 0 radical (unpaired) electrons. The van der Waals surface area contributed by atoms with Crippen LogP contribution in [0.4, 0.5) is 10.5 Å². The molecule has 1 aliphatic heterocycles. The van der Waals surface area contributed by atoms with Gasteiger partial charge in [-0.05, 0) is 56.5 Å². The highest BCUT2D eigenvalue weighted by molar-refractivity contribution is 6.30. The minimum absolute atomic E-state index is 0.217. The molecule has 2 amide bonds. The van der Waals surface area contributed by atoms with E-state index in [1.807, 2.05) is 48.7 Å². The second-order valence-electron chi connectivity index (χ2n) is 8.14. The van der Waals surface area contributed by atoms with Crippen molar-refractivity contribution in [2.75, 3.05) is 19.0 Å². The molecule has 2 heterocycles. The van der Waals surface area contributed by atoms with Gasteiger partial charge in [0.15, 0.2) is 5.82 Å². The molecule has 0 bridgehead atoms. The second-order valence-corrected chi connectivity index (χ2v) is 8.58. The van der Waals surface area contributed by atoms with Crippen molar-refractivity contribution in [2.24, 2.45) is 0 Å². The van der Waals surface area contributed by atoms with Crippen LogP contribution in [0.5, 0.6) is 0 Å². The van der Waals surface area contributed by atoms with E-state index < -0.39 is 5.97 Å². The normalized spacial score (nSPS) is 15.5. The van der Waals surface area contributed by atoms with E-state index in [1.165, 1.54) is 7.11 Å². The Bertz CT molecular complexity index is 1180. The maximum Gasteiger partial charge on any atom is 0.339 e. The molecule has 1 atom stereocenters. The van der Waals surface area contributed by atoms with Crippen LogP contribution in [0.2, 0.25) is 5.02 Å². The maximum atomic E-state index is 13.3. The summed E-state index contributed by atoms with van der Waals surface area (Å²) in [4.78, 5) is 27.2. The average molecular weight is 468 g/mol. The van der Waals surface area contributed by atoms with Crippen molar-refractivity contribution in [2.45, 2.75) is 39.3 Å². The minimum Gasteiger partial charge on any atom is -0.465 e.